The number of carbonyl (C=O) groups is 1. The van der Waals surface area contributed by atoms with Crippen LogP contribution in [0, 0.1) is 0 Å². The zero-order valence-electron chi connectivity index (χ0n) is 11.7. The highest BCUT2D eigenvalue weighted by molar-refractivity contribution is 5.98. The van der Waals surface area contributed by atoms with E-state index >= 15 is 0 Å². The van der Waals surface area contributed by atoms with Crippen LogP contribution in [-0.4, -0.2) is 24.1 Å². The van der Waals surface area contributed by atoms with E-state index in [1.807, 2.05) is 18.2 Å². The van der Waals surface area contributed by atoms with E-state index in [0.29, 0.717) is 12.1 Å². The van der Waals surface area contributed by atoms with Crippen LogP contribution in [0.4, 0.5) is 11.4 Å². The molecule has 20 heavy (non-hydrogen) atoms. The van der Waals surface area contributed by atoms with Crippen LogP contribution in [0.5, 0.6) is 5.75 Å². The third-order valence-electron chi connectivity index (χ3n) is 4.00. The van der Waals surface area contributed by atoms with Crippen molar-refractivity contribution in [1.29, 1.82) is 0 Å². The zero-order valence-corrected chi connectivity index (χ0v) is 11.7. The van der Waals surface area contributed by atoms with Gasteiger partial charge in [-0.05, 0) is 50.8 Å². The molecule has 4 N–H and O–H groups in total. The van der Waals surface area contributed by atoms with Crippen LogP contribution in [0.25, 0.3) is 0 Å². The SMILES string of the molecule is CC1Oc2ccc(NC3CCCC(N)C3)cc2NC1=O. The molecule has 1 fully saturated rings. The van der Waals surface area contributed by atoms with E-state index in [0.717, 1.165) is 36.4 Å². The van der Waals surface area contributed by atoms with Gasteiger partial charge in [0, 0.05) is 17.8 Å². The van der Waals surface area contributed by atoms with E-state index in [9.17, 15) is 4.79 Å². The van der Waals surface area contributed by atoms with Gasteiger partial charge in [0.15, 0.2) is 6.10 Å². The number of fused-ring (bicyclic) bond motifs is 1. The Kier molecular flexibility index (Phi) is 3.53. The van der Waals surface area contributed by atoms with Crippen molar-refractivity contribution >= 4 is 17.3 Å². The second kappa shape index (κ2) is 5.32. The summed E-state index contributed by atoms with van der Waals surface area (Å²) < 4.78 is 5.55. The molecule has 1 heterocycles. The van der Waals surface area contributed by atoms with Crippen LogP contribution < -0.4 is 21.1 Å². The minimum Gasteiger partial charge on any atom is -0.479 e. The van der Waals surface area contributed by atoms with Crippen LogP contribution in [0.15, 0.2) is 18.2 Å². The normalized spacial score (nSPS) is 29.1. The Morgan fingerprint density at radius 2 is 2.25 bits per heavy atom. The summed E-state index contributed by atoms with van der Waals surface area (Å²) in [6.45, 7) is 1.74. The van der Waals surface area contributed by atoms with Gasteiger partial charge in [-0.1, -0.05) is 0 Å². The van der Waals surface area contributed by atoms with Gasteiger partial charge in [-0.2, -0.15) is 0 Å². The highest BCUT2D eigenvalue weighted by atomic mass is 16.5. The predicted octanol–water partition coefficient (Wildman–Crippen LogP) is 2.09. The molecule has 1 amide bonds. The maximum absolute atomic E-state index is 11.6. The highest BCUT2D eigenvalue weighted by Crippen LogP contribution is 2.33. The molecule has 2 aliphatic rings. The molecule has 1 aromatic rings. The topological polar surface area (TPSA) is 76.4 Å². The van der Waals surface area contributed by atoms with Crippen molar-refractivity contribution in [1.82, 2.24) is 0 Å². The Balaban J connectivity index is 1.72. The predicted molar refractivity (Wildman–Crippen MR) is 79.0 cm³/mol. The number of nitrogens with one attached hydrogen (secondary N) is 2. The maximum Gasteiger partial charge on any atom is 0.265 e. The molecule has 0 radical (unpaired) electrons. The summed E-state index contributed by atoms with van der Waals surface area (Å²) in [6, 6.07) is 6.53. The lowest BCUT2D eigenvalue weighted by Crippen LogP contribution is -2.35. The third kappa shape index (κ3) is 2.72. The molecule has 5 nitrogen and oxygen atoms in total. The summed E-state index contributed by atoms with van der Waals surface area (Å²) in [5.41, 5.74) is 7.74. The van der Waals surface area contributed by atoms with Crippen LogP contribution in [0.1, 0.15) is 32.6 Å². The first-order chi connectivity index (χ1) is 9.61. The quantitative estimate of drug-likeness (QED) is 0.772. The molecule has 108 valence electrons. The van der Waals surface area contributed by atoms with E-state index < -0.39 is 6.10 Å². The van der Waals surface area contributed by atoms with Gasteiger partial charge in [0.25, 0.3) is 5.91 Å². The number of ether oxygens (including phenoxy) is 1. The van der Waals surface area contributed by atoms with Crippen LogP contribution in [-0.2, 0) is 4.79 Å². The van der Waals surface area contributed by atoms with Crippen molar-refractivity contribution in [3.05, 3.63) is 18.2 Å². The fraction of sp³-hybridized carbons (Fsp3) is 0.533. The minimum absolute atomic E-state index is 0.102. The average molecular weight is 275 g/mol. The fourth-order valence-electron chi connectivity index (χ4n) is 2.89. The van der Waals surface area contributed by atoms with Gasteiger partial charge < -0.3 is 21.1 Å². The number of nitrogens with two attached hydrogens (primary N) is 1. The van der Waals surface area contributed by atoms with E-state index in [1.165, 1.54) is 6.42 Å². The first kappa shape index (κ1) is 13.2. The fourth-order valence-corrected chi connectivity index (χ4v) is 2.89. The molecule has 3 rings (SSSR count). The first-order valence-electron chi connectivity index (χ1n) is 7.25. The van der Waals surface area contributed by atoms with E-state index in [2.05, 4.69) is 10.6 Å². The lowest BCUT2D eigenvalue weighted by Gasteiger charge is -2.29. The number of anilines is 2. The maximum atomic E-state index is 11.6. The molecular weight excluding hydrogens is 254 g/mol. The Bertz CT molecular complexity index is 518. The van der Waals surface area contributed by atoms with E-state index in [1.54, 1.807) is 6.92 Å². The molecule has 5 heteroatoms. The largest absolute Gasteiger partial charge is 0.479 e. The number of amides is 1. The molecule has 1 aliphatic heterocycles. The summed E-state index contributed by atoms with van der Waals surface area (Å²) in [5.74, 6) is 0.623. The van der Waals surface area contributed by atoms with Crippen molar-refractivity contribution in [2.45, 2.75) is 50.8 Å². The van der Waals surface area contributed by atoms with Gasteiger partial charge in [0.1, 0.15) is 5.75 Å². The van der Waals surface area contributed by atoms with Crippen molar-refractivity contribution in [3.63, 3.8) is 0 Å². The standard InChI is InChI=1S/C15H21N3O2/c1-9-15(19)18-13-8-12(5-6-14(13)20-9)17-11-4-2-3-10(16)7-11/h5-6,8-11,17H,2-4,7,16H2,1H3,(H,18,19). The third-order valence-corrected chi connectivity index (χ3v) is 4.00. The minimum atomic E-state index is -0.433. The van der Waals surface area contributed by atoms with Crippen molar-refractivity contribution in [2.75, 3.05) is 10.6 Å². The highest BCUT2D eigenvalue weighted by Gasteiger charge is 2.24. The van der Waals surface area contributed by atoms with Crippen LogP contribution >= 0.6 is 0 Å². The lowest BCUT2D eigenvalue weighted by molar-refractivity contribution is -0.122. The first-order valence-corrected chi connectivity index (χ1v) is 7.25. The van der Waals surface area contributed by atoms with Gasteiger partial charge >= 0.3 is 0 Å². The molecule has 1 aromatic carbocycles. The summed E-state index contributed by atoms with van der Waals surface area (Å²) in [4.78, 5) is 11.6. The van der Waals surface area contributed by atoms with Crippen molar-refractivity contribution in [2.24, 2.45) is 5.73 Å². The summed E-state index contributed by atoms with van der Waals surface area (Å²) in [6.07, 6.45) is 3.99. The van der Waals surface area contributed by atoms with Gasteiger partial charge in [0.2, 0.25) is 0 Å². The Hall–Kier alpha value is -1.75. The summed E-state index contributed by atoms with van der Waals surface area (Å²) in [7, 11) is 0. The van der Waals surface area contributed by atoms with Gasteiger partial charge in [0.05, 0.1) is 5.69 Å². The van der Waals surface area contributed by atoms with Crippen LogP contribution in [0.2, 0.25) is 0 Å². The Morgan fingerprint density at radius 1 is 1.40 bits per heavy atom. The molecule has 0 bridgehead atoms. The lowest BCUT2D eigenvalue weighted by atomic mass is 9.91. The number of benzene rings is 1. The average Bonchev–Trinajstić information content (AvgIpc) is 2.40. The molecule has 0 spiro atoms. The van der Waals surface area contributed by atoms with Gasteiger partial charge in [-0.3, -0.25) is 4.79 Å². The molecule has 1 saturated carbocycles. The molecule has 0 aromatic heterocycles. The second-order valence-corrected chi connectivity index (χ2v) is 5.73. The molecular formula is C15H21N3O2. The molecule has 0 saturated heterocycles. The Labute approximate surface area is 118 Å². The van der Waals surface area contributed by atoms with Crippen molar-refractivity contribution in [3.8, 4) is 5.75 Å². The van der Waals surface area contributed by atoms with Gasteiger partial charge in [-0.15, -0.1) is 0 Å². The second-order valence-electron chi connectivity index (χ2n) is 5.73. The number of rotatable bonds is 2. The number of hydrogen-bond donors (Lipinski definition) is 3. The molecule has 3 atom stereocenters. The van der Waals surface area contributed by atoms with E-state index in [4.69, 9.17) is 10.5 Å². The Morgan fingerprint density at radius 3 is 3.05 bits per heavy atom. The smallest absolute Gasteiger partial charge is 0.265 e. The zero-order chi connectivity index (χ0) is 14.1. The number of hydrogen-bond acceptors (Lipinski definition) is 4. The van der Waals surface area contributed by atoms with Crippen molar-refractivity contribution < 1.29 is 9.53 Å². The number of carbonyl (C=O) groups excluding carboxylic acids is 1. The monoisotopic (exact) mass is 275 g/mol. The molecule has 1 aliphatic carbocycles. The van der Waals surface area contributed by atoms with E-state index in [-0.39, 0.29) is 5.91 Å². The summed E-state index contributed by atoms with van der Waals surface area (Å²) >= 11 is 0. The van der Waals surface area contributed by atoms with Gasteiger partial charge in [-0.25, -0.2) is 0 Å². The van der Waals surface area contributed by atoms with Crippen LogP contribution in [0.3, 0.4) is 0 Å². The summed E-state index contributed by atoms with van der Waals surface area (Å²) in [5, 5.41) is 6.37. The molecule has 3 unspecified atom stereocenters.